The predicted octanol–water partition coefficient (Wildman–Crippen LogP) is 5.95. The first kappa shape index (κ1) is 25.6. The van der Waals surface area contributed by atoms with E-state index < -0.39 is 23.7 Å². The summed E-state index contributed by atoms with van der Waals surface area (Å²) in [5, 5.41) is 29.9. The van der Waals surface area contributed by atoms with Gasteiger partial charge in [0.25, 0.3) is 5.92 Å². The highest BCUT2D eigenvalue weighted by Gasteiger charge is 2.51. The molecule has 182 valence electrons. The average molecular weight is 453 g/mol. The van der Waals surface area contributed by atoms with Crippen LogP contribution in [0.5, 0.6) is 0 Å². The summed E-state index contributed by atoms with van der Waals surface area (Å²) in [6.45, 7) is 10.8. The Bertz CT molecular complexity index is 763. The molecule has 32 heavy (non-hydrogen) atoms. The molecular weight excluding hydrogens is 410 g/mol. The van der Waals surface area contributed by atoms with Crippen LogP contribution in [0.4, 0.5) is 8.78 Å². The Morgan fingerprint density at radius 3 is 2.56 bits per heavy atom. The molecule has 0 aromatic carbocycles. The molecule has 0 aliphatic heterocycles. The van der Waals surface area contributed by atoms with Crippen LogP contribution in [-0.4, -0.2) is 39.1 Å². The fourth-order valence-electron chi connectivity index (χ4n) is 6.60. The second-order valence-electron chi connectivity index (χ2n) is 11.4. The standard InChI is InChI=1S/C27H42F2O3/c1-17(12-14-27(28,29)25(3,4)32)22-10-11-23-19(7-6-13-26(22,23)5)8-9-20-15-21(30)16-24(31)18(20)2/h8-9,17,21-24,30-32H,2,6-7,10-16H2,1,3-5H3/t17-,21-,22-,23?,24+,26-/m1/s1. The van der Waals surface area contributed by atoms with E-state index in [1.165, 1.54) is 19.4 Å². The number of fused-ring (bicyclic) bond motifs is 1. The minimum atomic E-state index is -3.08. The van der Waals surface area contributed by atoms with Gasteiger partial charge in [-0.05, 0) is 93.1 Å². The second-order valence-corrected chi connectivity index (χ2v) is 11.4. The van der Waals surface area contributed by atoms with Crippen LogP contribution in [0.1, 0.15) is 85.5 Å². The van der Waals surface area contributed by atoms with Gasteiger partial charge in [0.15, 0.2) is 0 Å². The number of aliphatic hydroxyl groups is 3. The highest BCUT2D eigenvalue weighted by molar-refractivity contribution is 5.38. The highest BCUT2D eigenvalue weighted by Crippen LogP contribution is 2.60. The van der Waals surface area contributed by atoms with Crippen LogP contribution in [0.2, 0.25) is 0 Å². The molecule has 0 aromatic rings. The minimum absolute atomic E-state index is 0.106. The van der Waals surface area contributed by atoms with Crippen LogP contribution < -0.4 is 0 Å². The predicted molar refractivity (Wildman–Crippen MR) is 124 cm³/mol. The molecule has 3 rings (SSSR count). The van der Waals surface area contributed by atoms with Crippen molar-refractivity contribution < 1.29 is 24.1 Å². The lowest BCUT2D eigenvalue weighted by molar-refractivity contribution is -0.168. The summed E-state index contributed by atoms with van der Waals surface area (Å²) in [5.74, 6) is -2.06. The Morgan fingerprint density at radius 2 is 1.91 bits per heavy atom. The van der Waals surface area contributed by atoms with Gasteiger partial charge in [-0.1, -0.05) is 38.2 Å². The number of aliphatic hydroxyl groups excluding tert-OH is 2. The molecule has 3 aliphatic rings. The van der Waals surface area contributed by atoms with Crippen molar-refractivity contribution >= 4 is 0 Å². The molecular formula is C27H42F2O3. The lowest BCUT2D eigenvalue weighted by Gasteiger charge is -2.44. The lowest BCUT2D eigenvalue weighted by atomic mass is 9.60. The van der Waals surface area contributed by atoms with Gasteiger partial charge in [0.05, 0.1) is 12.2 Å². The molecule has 1 unspecified atom stereocenters. The quantitative estimate of drug-likeness (QED) is 0.467. The van der Waals surface area contributed by atoms with Crippen molar-refractivity contribution in [3.05, 3.63) is 35.5 Å². The number of hydrogen-bond donors (Lipinski definition) is 3. The Balaban J connectivity index is 1.73. The molecule has 3 aliphatic carbocycles. The van der Waals surface area contributed by atoms with Gasteiger partial charge in [-0.25, -0.2) is 8.78 Å². The Labute approximate surface area is 192 Å². The van der Waals surface area contributed by atoms with Gasteiger partial charge in [-0.3, -0.25) is 0 Å². The van der Waals surface area contributed by atoms with Crippen molar-refractivity contribution in [2.75, 3.05) is 0 Å². The average Bonchev–Trinajstić information content (AvgIpc) is 3.04. The third-order valence-corrected chi connectivity index (χ3v) is 8.80. The third-order valence-electron chi connectivity index (χ3n) is 8.80. The number of rotatable bonds is 6. The Morgan fingerprint density at radius 1 is 1.22 bits per heavy atom. The molecule has 0 bridgehead atoms. The number of alkyl halides is 2. The van der Waals surface area contributed by atoms with Gasteiger partial charge in [0.1, 0.15) is 5.60 Å². The molecule has 0 spiro atoms. The molecule has 3 saturated carbocycles. The molecule has 3 N–H and O–H groups in total. The van der Waals surface area contributed by atoms with Crippen molar-refractivity contribution in [1.29, 1.82) is 0 Å². The molecule has 5 heteroatoms. The van der Waals surface area contributed by atoms with E-state index in [0.29, 0.717) is 36.7 Å². The number of allylic oxidation sites excluding steroid dienone is 3. The van der Waals surface area contributed by atoms with E-state index in [0.717, 1.165) is 37.7 Å². The third kappa shape index (κ3) is 5.05. The lowest BCUT2D eigenvalue weighted by Crippen LogP contribution is -2.43. The zero-order valence-electron chi connectivity index (χ0n) is 20.2. The fraction of sp³-hybridized carbons (Fsp3) is 0.778. The topological polar surface area (TPSA) is 60.7 Å². The largest absolute Gasteiger partial charge is 0.393 e. The summed E-state index contributed by atoms with van der Waals surface area (Å²) >= 11 is 0. The van der Waals surface area contributed by atoms with Crippen LogP contribution in [0.15, 0.2) is 35.5 Å². The van der Waals surface area contributed by atoms with Crippen molar-refractivity contribution in [2.45, 2.75) is 109 Å². The van der Waals surface area contributed by atoms with Crippen LogP contribution >= 0.6 is 0 Å². The van der Waals surface area contributed by atoms with E-state index in [1.54, 1.807) is 0 Å². The fourth-order valence-corrected chi connectivity index (χ4v) is 6.60. The molecule has 0 heterocycles. The Hall–Kier alpha value is -1.04. The normalized spacial score (nSPS) is 37.7. The summed E-state index contributed by atoms with van der Waals surface area (Å²) in [6.07, 6.45) is 9.40. The van der Waals surface area contributed by atoms with E-state index in [4.69, 9.17) is 0 Å². The molecule has 6 atom stereocenters. The van der Waals surface area contributed by atoms with E-state index in [9.17, 15) is 24.1 Å². The van der Waals surface area contributed by atoms with Gasteiger partial charge in [0.2, 0.25) is 0 Å². The van der Waals surface area contributed by atoms with Crippen LogP contribution in [-0.2, 0) is 0 Å². The van der Waals surface area contributed by atoms with E-state index in [-0.39, 0.29) is 17.8 Å². The van der Waals surface area contributed by atoms with Crippen molar-refractivity contribution in [3.8, 4) is 0 Å². The molecule has 3 fully saturated rings. The monoisotopic (exact) mass is 452 g/mol. The molecule has 0 aromatic heterocycles. The maximum Gasteiger partial charge on any atom is 0.275 e. The van der Waals surface area contributed by atoms with Gasteiger partial charge in [-0.2, -0.15) is 0 Å². The van der Waals surface area contributed by atoms with Gasteiger partial charge >= 0.3 is 0 Å². The first-order valence-corrected chi connectivity index (χ1v) is 12.3. The number of halogens is 2. The summed E-state index contributed by atoms with van der Waals surface area (Å²) in [4.78, 5) is 0. The van der Waals surface area contributed by atoms with E-state index >= 15 is 0 Å². The molecule has 3 nitrogen and oxygen atoms in total. The van der Waals surface area contributed by atoms with Gasteiger partial charge in [0, 0.05) is 12.8 Å². The van der Waals surface area contributed by atoms with Crippen molar-refractivity contribution in [2.24, 2.45) is 23.2 Å². The van der Waals surface area contributed by atoms with Crippen LogP contribution in [0.3, 0.4) is 0 Å². The maximum atomic E-state index is 14.3. The van der Waals surface area contributed by atoms with Gasteiger partial charge < -0.3 is 15.3 Å². The number of hydrogen-bond acceptors (Lipinski definition) is 3. The molecule has 0 saturated heterocycles. The molecule has 0 amide bonds. The van der Waals surface area contributed by atoms with Crippen LogP contribution in [0, 0.1) is 23.2 Å². The van der Waals surface area contributed by atoms with Gasteiger partial charge in [-0.15, -0.1) is 0 Å². The van der Waals surface area contributed by atoms with Crippen molar-refractivity contribution in [1.82, 2.24) is 0 Å². The SMILES string of the molecule is C=C1C(=CC=C2CCC[C@@]3(C)C2CC[C@@H]3[C@H](C)CCC(F)(F)C(C)(C)O)C[C@@H](O)C[C@@H]1O. The van der Waals surface area contributed by atoms with E-state index in [2.05, 4.69) is 26.5 Å². The zero-order chi connectivity index (χ0) is 23.9. The first-order valence-electron chi connectivity index (χ1n) is 12.3. The summed E-state index contributed by atoms with van der Waals surface area (Å²) in [6, 6.07) is 0. The van der Waals surface area contributed by atoms with Crippen LogP contribution in [0.25, 0.3) is 0 Å². The summed E-state index contributed by atoms with van der Waals surface area (Å²) in [7, 11) is 0. The van der Waals surface area contributed by atoms with Crippen molar-refractivity contribution in [3.63, 3.8) is 0 Å². The highest BCUT2D eigenvalue weighted by atomic mass is 19.3. The zero-order valence-corrected chi connectivity index (χ0v) is 20.2. The molecule has 0 radical (unpaired) electrons. The summed E-state index contributed by atoms with van der Waals surface area (Å²) < 4.78 is 28.6. The summed E-state index contributed by atoms with van der Waals surface area (Å²) in [5.41, 5.74) is 1.15. The second kappa shape index (κ2) is 9.31. The maximum absolute atomic E-state index is 14.3. The Kier molecular flexibility index (Phi) is 7.44. The minimum Gasteiger partial charge on any atom is -0.393 e. The van der Waals surface area contributed by atoms with E-state index in [1.807, 2.05) is 6.08 Å². The first-order chi connectivity index (χ1) is 14.8. The smallest absolute Gasteiger partial charge is 0.275 e.